The lowest BCUT2D eigenvalue weighted by Crippen LogP contribution is -2.08. The summed E-state index contributed by atoms with van der Waals surface area (Å²) >= 11 is 11.0. The Morgan fingerprint density at radius 2 is 1.94 bits per heavy atom. The molecule has 0 spiro atoms. The number of H-pyrrole nitrogens is 1. The third-order valence-electron chi connectivity index (χ3n) is 3.82. The highest BCUT2D eigenvalue weighted by Gasteiger charge is 2.31. The van der Waals surface area contributed by atoms with Crippen LogP contribution in [0.15, 0.2) is 0 Å². The molecule has 2 saturated carbocycles. The predicted molar refractivity (Wildman–Crippen MR) is 75.0 cm³/mol. The summed E-state index contributed by atoms with van der Waals surface area (Å²) in [5.41, 5.74) is 1.95. The Bertz CT molecular complexity index is 759. The molecule has 0 atom stereocenters. The lowest BCUT2D eigenvalue weighted by atomic mass is 10.4. The summed E-state index contributed by atoms with van der Waals surface area (Å²) < 4.78 is 5.67. The highest BCUT2D eigenvalue weighted by atomic mass is 32.1. The van der Waals surface area contributed by atoms with E-state index in [9.17, 15) is 0 Å². The smallest absolute Gasteiger partial charge is 0.182 e. The van der Waals surface area contributed by atoms with Crippen molar-refractivity contribution < 1.29 is 0 Å². The molecule has 0 bridgehead atoms. The molecule has 18 heavy (non-hydrogen) atoms. The number of imidazole rings is 1. The van der Waals surface area contributed by atoms with E-state index >= 15 is 0 Å². The van der Waals surface area contributed by atoms with Gasteiger partial charge in [0.05, 0.1) is 0 Å². The van der Waals surface area contributed by atoms with Gasteiger partial charge in [-0.15, -0.1) is 0 Å². The van der Waals surface area contributed by atoms with Crippen molar-refractivity contribution in [3.8, 4) is 0 Å². The molecule has 4 rings (SSSR count). The molecule has 2 aliphatic carbocycles. The standard InChI is InChI=1S/C12H14N4S2/c1-15-11(17)8-10(14-9(13-8)6-2-3-6)16(12(15)18)7-4-5-7/h6-7H,2-5H2,1H3,(H,13,14). The molecule has 6 heteroatoms. The van der Waals surface area contributed by atoms with Crippen molar-refractivity contribution in [2.45, 2.75) is 37.6 Å². The summed E-state index contributed by atoms with van der Waals surface area (Å²) in [7, 11) is 1.95. The first-order chi connectivity index (χ1) is 8.66. The quantitative estimate of drug-likeness (QED) is 0.856. The van der Waals surface area contributed by atoms with E-state index in [1.54, 1.807) is 0 Å². The zero-order valence-corrected chi connectivity index (χ0v) is 11.8. The normalized spacial score (nSPS) is 19.6. The molecule has 0 unspecified atom stereocenters. The van der Waals surface area contributed by atoms with Gasteiger partial charge in [-0.05, 0) is 37.9 Å². The van der Waals surface area contributed by atoms with E-state index < -0.39 is 0 Å². The van der Waals surface area contributed by atoms with E-state index in [0.717, 1.165) is 26.4 Å². The minimum Gasteiger partial charge on any atom is -0.338 e. The average molecular weight is 278 g/mol. The van der Waals surface area contributed by atoms with Crippen LogP contribution in [0.3, 0.4) is 0 Å². The summed E-state index contributed by atoms with van der Waals surface area (Å²) in [5.74, 6) is 1.70. The summed E-state index contributed by atoms with van der Waals surface area (Å²) in [6.45, 7) is 0. The first-order valence-electron chi connectivity index (χ1n) is 6.38. The Morgan fingerprint density at radius 3 is 2.56 bits per heavy atom. The monoisotopic (exact) mass is 278 g/mol. The van der Waals surface area contributed by atoms with E-state index in [1.165, 1.54) is 25.7 Å². The third kappa shape index (κ3) is 1.45. The lowest BCUT2D eigenvalue weighted by Gasteiger charge is -2.09. The molecule has 2 fully saturated rings. The molecule has 0 amide bonds. The van der Waals surface area contributed by atoms with Crippen molar-refractivity contribution in [2.75, 3.05) is 0 Å². The van der Waals surface area contributed by atoms with Crippen LogP contribution in [0.1, 0.15) is 43.5 Å². The number of nitrogens with zero attached hydrogens (tertiary/aromatic N) is 3. The van der Waals surface area contributed by atoms with Crippen LogP contribution in [0.2, 0.25) is 0 Å². The molecule has 2 aromatic rings. The number of hydrogen-bond donors (Lipinski definition) is 1. The molecule has 4 nitrogen and oxygen atoms in total. The molecule has 0 aromatic carbocycles. The molecule has 0 saturated heterocycles. The van der Waals surface area contributed by atoms with Crippen LogP contribution in [0.4, 0.5) is 0 Å². The zero-order chi connectivity index (χ0) is 12.4. The summed E-state index contributed by atoms with van der Waals surface area (Å²) in [4.78, 5) is 8.17. The summed E-state index contributed by atoms with van der Waals surface area (Å²) in [6, 6.07) is 0.525. The Labute approximate surface area is 115 Å². The Balaban J connectivity index is 2.12. The van der Waals surface area contributed by atoms with Crippen molar-refractivity contribution in [3.63, 3.8) is 0 Å². The van der Waals surface area contributed by atoms with Gasteiger partial charge in [-0.3, -0.25) is 4.57 Å². The molecule has 2 aliphatic rings. The van der Waals surface area contributed by atoms with Crippen molar-refractivity contribution in [2.24, 2.45) is 7.05 Å². The van der Waals surface area contributed by atoms with Crippen LogP contribution in [-0.4, -0.2) is 19.1 Å². The van der Waals surface area contributed by atoms with Crippen molar-refractivity contribution in [1.29, 1.82) is 0 Å². The van der Waals surface area contributed by atoms with Crippen molar-refractivity contribution in [3.05, 3.63) is 15.2 Å². The second kappa shape index (κ2) is 3.51. The van der Waals surface area contributed by atoms with E-state index in [1.807, 2.05) is 11.6 Å². The van der Waals surface area contributed by atoms with E-state index in [0.29, 0.717) is 12.0 Å². The molecule has 0 aliphatic heterocycles. The maximum absolute atomic E-state index is 5.52. The van der Waals surface area contributed by atoms with Crippen LogP contribution in [-0.2, 0) is 7.05 Å². The SMILES string of the molecule is Cn1c(=S)c2[nH]c(C3CC3)nc2n(C2CC2)c1=S. The van der Waals surface area contributed by atoms with Gasteiger partial charge >= 0.3 is 0 Å². The second-order valence-corrected chi connectivity index (χ2v) is 6.09. The fourth-order valence-corrected chi connectivity index (χ4v) is 3.04. The number of fused-ring (bicyclic) bond motifs is 1. The van der Waals surface area contributed by atoms with E-state index in [2.05, 4.69) is 9.55 Å². The van der Waals surface area contributed by atoms with Crippen LogP contribution in [0.25, 0.3) is 11.2 Å². The van der Waals surface area contributed by atoms with Crippen molar-refractivity contribution >= 4 is 35.6 Å². The highest BCUT2D eigenvalue weighted by molar-refractivity contribution is 7.72. The fourth-order valence-electron chi connectivity index (χ4n) is 2.42. The molecule has 2 heterocycles. The van der Waals surface area contributed by atoms with Gasteiger partial charge in [0.2, 0.25) is 0 Å². The Morgan fingerprint density at radius 1 is 1.22 bits per heavy atom. The first kappa shape index (κ1) is 10.9. The van der Waals surface area contributed by atoms with Gasteiger partial charge in [0.15, 0.2) is 10.4 Å². The van der Waals surface area contributed by atoms with Crippen LogP contribution < -0.4 is 0 Å². The van der Waals surface area contributed by atoms with Gasteiger partial charge in [0.25, 0.3) is 0 Å². The second-order valence-electron chi connectivity index (χ2n) is 5.34. The molecule has 94 valence electrons. The topological polar surface area (TPSA) is 38.5 Å². The molecule has 2 aromatic heterocycles. The molecule has 1 N–H and O–H groups in total. The number of hydrogen-bond acceptors (Lipinski definition) is 3. The number of nitrogens with one attached hydrogen (secondary N) is 1. The van der Waals surface area contributed by atoms with Gasteiger partial charge in [-0.2, -0.15) is 0 Å². The van der Waals surface area contributed by atoms with Crippen LogP contribution in [0, 0.1) is 9.41 Å². The van der Waals surface area contributed by atoms with Gasteiger partial charge in [0.1, 0.15) is 16.0 Å². The summed E-state index contributed by atoms with van der Waals surface area (Å²) in [6.07, 6.45) is 4.88. The third-order valence-corrected chi connectivity index (χ3v) is 4.77. The largest absolute Gasteiger partial charge is 0.338 e. The van der Waals surface area contributed by atoms with Crippen molar-refractivity contribution in [1.82, 2.24) is 19.1 Å². The summed E-state index contributed by atoms with van der Waals surface area (Å²) in [5, 5.41) is 0. The van der Waals surface area contributed by atoms with Gasteiger partial charge in [-0.25, -0.2) is 4.98 Å². The lowest BCUT2D eigenvalue weighted by molar-refractivity contribution is 0.673. The minimum atomic E-state index is 0.525. The molecular weight excluding hydrogens is 264 g/mol. The highest BCUT2D eigenvalue weighted by Crippen LogP contribution is 2.41. The number of aromatic nitrogens is 4. The van der Waals surface area contributed by atoms with Gasteiger partial charge < -0.3 is 9.55 Å². The maximum Gasteiger partial charge on any atom is 0.182 e. The Kier molecular flexibility index (Phi) is 2.12. The maximum atomic E-state index is 5.52. The molecule has 0 radical (unpaired) electrons. The predicted octanol–water partition coefficient (Wildman–Crippen LogP) is 3.37. The Hall–Kier alpha value is -1.01. The van der Waals surface area contributed by atoms with E-state index in [-0.39, 0.29) is 0 Å². The zero-order valence-electron chi connectivity index (χ0n) is 10.1. The fraction of sp³-hybridized carbons (Fsp3) is 0.583. The minimum absolute atomic E-state index is 0.525. The molecular formula is C12H14N4S2. The number of rotatable bonds is 2. The van der Waals surface area contributed by atoms with Crippen LogP contribution in [0.5, 0.6) is 0 Å². The van der Waals surface area contributed by atoms with E-state index in [4.69, 9.17) is 29.4 Å². The average Bonchev–Trinajstić information content (AvgIpc) is 3.24. The number of aromatic amines is 1. The van der Waals surface area contributed by atoms with Gasteiger partial charge in [-0.1, -0.05) is 12.2 Å². The van der Waals surface area contributed by atoms with Gasteiger partial charge in [0, 0.05) is 19.0 Å². The van der Waals surface area contributed by atoms with Crippen LogP contribution >= 0.6 is 24.4 Å². The first-order valence-corrected chi connectivity index (χ1v) is 7.19.